The lowest BCUT2D eigenvalue weighted by molar-refractivity contribution is -0.131. The fraction of sp³-hybridized carbons (Fsp3) is 0.688. The summed E-state index contributed by atoms with van der Waals surface area (Å²) in [5, 5.41) is 0. The van der Waals surface area contributed by atoms with Gasteiger partial charge >= 0.3 is 0 Å². The summed E-state index contributed by atoms with van der Waals surface area (Å²) in [5.41, 5.74) is 2.05. The van der Waals surface area contributed by atoms with Crippen LogP contribution in [0.15, 0.2) is 12.4 Å². The summed E-state index contributed by atoms with van der Waals surface area (Å²) in [7, 11) is 0. The minimum Gasteiger partial charge on any atom is -0.342 e. The van der Waals surface area contributed by atoms with Crippen LogP contribution >= 0.6 is 0 Å². The smallest absolute Gasteiger partial charge is 0.236 e. The molecule has 0 aromatic carbocycles. The number of carbonyl (C=O) groups excluding carboxylic acids is 1. The van der Waals surface area contributed by atoms with Crippen molar-refractivity contribution in [3.05, 3.63) is 23.8 Å². The zero-order valence-electron chi connectivity index (χ0n) is 12.8. The third kappa shape index (κ3) is 3.59. The second-order valence-electron chi connectivity index (χ2n) is 6.25. The van der Waals surface area contributed by atoms with Gasteiger partial charge in [0.15, 0.2) is 0 Å². The Balaban J connectivity index is 1.59. The van der Waals surface area contributed by atoms with E-state index in [-0.39, 0.29) is 0 Å². The Kier molecular flexibility index (Phi) is 4.48. The number of piperidine rings is 1. The first kappa shape index (κ1) is 14.4. The van der Waals surface area contributed by atoms with Gasteiger partial charge in [0.1, 0.15) is 0 Å². The molecule has 0 unspecified atom stereocenters. The monoisotopic (exact) mass is 288 g/mol. The van der Waals surface area contributed by atoms with E-state index in [1.165, 1.54) is 0 Å². The molecule has 0 radical (unpaired) electrons. The van der Waals surface area contributed by atoms with Crippen molar-refractivity contribution in [2.75, 3.05) is 32.7 Å². The number of hydrogen-bond donors (Lipinski definition) is 0. The van der Waals surface area contributed by atoms with Crippen LogP contribution in [0.3, 0.4) is 0 Å². The lowest BCUT2D eigenvalue weighted by atomic mass is 9.95. The van der Waals surface area contributed by atoms with Crippen molar-refractivity contribution < 1.29 is 4.79 Å². The van der Waals surface area contributed by atoms with Crippen LogP contribution in [-0.2, 0) is 4.79 Å². The van der Waals surface area contributed by atoms with Gasteiger partial charge in [-0.1, -0.05) is 0 Å². The van der Waals surface area contributed by atoms with Gasteiger partial charge in [-0.3, -0.25) is 19.7 Å². The van der Waals surface area contributed by atoms with E-state index in [1.54, 1.807) is 6.20 Å². The number of rotatable bonds is 3. The molecule has 1 atom stereocenters. The molecule has 0 N–H and O–H groups in total. The van der Waals surface area contributed by atoms with Crippen molar-refractivity contribution in [3.8, 4) is 0 Å². The van der Waals surface area contributed by atoms with Gasteiger partial charge in [-0.25, -0.2) is 0 Å². The third-order valence-electron chi connectivity index (χ3n) is 4.52. The van der Waals surface area contributed by atoms with E-state index in [4.69, 9.17) is 0 Å². The Bertz CT molecular complexity index is 499. The van der Waals surface area contributed by atoms with Crippen molar-refractivity contribution >= 4 is 5.91 Å². The summed E-state index contributed by atoms with van der Waals surface area (Å²) in [6.07, 6.45) is 8.27. The molecule has 2 aliphatic heterocycles. The maximum atomic E-state index is 12.3. The predicted octanol–water partition coefficient (Wildman–Crippen LogP) is 1.59. The molecule has 3 heterocycles. The molecule has 5 heteroatoms. The molecule has 114 valence electrons. The maximum absolute atomic E-state index is 12.3. The van der Waals surface area contributed by atoms with Gasteiger partial charge in [0, 0.05) is 37.9 Å². The van der Waals surface area contributed by atoms with Crippen molar-refractivity contribution in [2.45, 2.75) is 38.5 Å². The highest BCUT2D eigenvalue weighted by Crippen LogP contribution is 2.25. The summed E-state index contributed by atoms with van der Waals surface area (Å²) < 4.78 is 0. The number of carbonyl (C=O) groups is 1. The first-order valence-electron chi connectivity index (χ1n) is 8.01. The molecule has 1 aromatic heterocycles. The molecule has 5 nitrogen and oxygen atoms in total. The Morgan fingerprint density at radius 2 is 2.05 bits per heavy atom. The van der Waals surface area contributed by atoms with Crippen LogP contribution in [0.2, 0.25) is 0 Å². The van der Waals surface area contributed by atoms with Crippen LogP contribution in [0.25, 0.3) is 0 Å². The highest BCUT2D eigenvalue weighted by molar-refractivity contribution is 5.78. The van der Waals surface area contributed by atoms with Crippen LogP contribution in [0.5, 0.6) is 0 Å². The molecule has 3 rings (SSSR count). The molecule has 0 saturated carbocycles. The average Bonchev–Trinajstić information content (AvgIpc) is 3.02. The average molecular weight is 288 g/mol. The standard InChI is InChI=1S/C16H24N4O/c1-13-9-17-10-15(18-13)14-5-4-6-19(11-14)12-16(21)20-7-2-3-8-20/h9-10,14H,2-8,11-12H2,1H3/t14-/m0/s1. The van der Waals surface area contributed by atoms with E-state index in [2.05, 4.69) is 14.9 Å². The van der Waals surface area contributed by atoms with Crippen LogP contribution < -0.4 is 0 Å². The summed E-state index contributed by atoms with van der Waals surface area (Å²) in [5.74, 6) is 0.709. The van der Waals surface area contributed by atoms with Crippen LogP contribution in [0, 0.1) is 6.92 Å². The zero-order valence-corrected chi connectivity index (χ0v) is 12.8. The molecule has 2 saturated heterocycles. The fourth-order valence-electron chi connectivity index (χ4n) is 3.38. The highest BCUT2D eigenvalue weighted by Gasteiger charge is 2.26. The minimum atomic E-state index is 0.295. The zero-order chi connectivity index (χ0) is 14.7. The van der Waals surface area contributed by atoms with Gasteiger partial charge in [0.05, 0.1) is 17.9 Å². The van der Waals surface area contributed by atoms with Crippen LogP contribution in [-0.4, -0.2) is 58.4 Å². The summed E-state index contributed by atoms with van der Waals surface area (Å²) in [4.78, 5) is 25.4. The Hall–Kier alpha value is -1.49. The van der Waals surface area contributed by atoms with E-state index < -0.39 is 0 Å². The van der Waals surface area contributed by atoms with Gasteiger partial charge in [0.2, 0.25) is 5.91 Å². The number of amides is 1. The van der Waals surface area contributed by atoms with Crippen molar-refractivity contribution in [1.29, 1.82) is 0 Å². The van der Waals surface area contributed by atoms with Crippen molar-refractivity contribution in [1.82, 2.24) is 19.8 Å². The number of likely N-dealkylation sites (tertiary alicyclic amines) is 2. The van der Waals surface area contributed by atoms with E-state index in [9.17, 15) is 4.79 Å². The topological polar surface area (TPSA) is 49.3 Å². The van der Waals surface area contributed by atoms with Crippen molar-refractivity contribution in [3.63, 3.8) is 0 Å². The van der Waals surface area contributed by atoms with Gasteiger partial charge in [-0.15, -0.1) is 0 Å². The largest absolute Gasteiger partial charge is 0.342 e. The molecular weight excluding hydrogens is 264 g/mol. The Morgan fingerprint density at radius 3 is 2.81 bits per heavy atom. The summed E-state index contributed by atoms with van der Waals surface area (Å²) in [6.45, 7) is 6.38. The lowest BCUT2D eigenvalue weighted by Crippen LogP contribution is -2.43. The third-order valence-corrected chi connectivity index (χ3v) is 4.52. The minimum absolute atomic E-state index is 0.295. The van der Waals surface area contributed by atoms with Gasteiger partial charge in [-0.05, 0) is 39.2 Å². The predicted molar refractivity (Wildman–Crippen MR) is 81.0 cm³/mol. The number of hydrogen-bond acceptors (Lipinski definition) is 4. The second kappa shape index (κ2) is 6.52. The SMILES string of the molecule is Cc1cncc([C@H]2CCCN(CC(=O)N3CCCC3)C2)n1. The normalized spacial score (nSPS) is 23.5. The molecule has 1 amide bonds. The van der Waals surface area contributed by atoms with E-state index in [0.29, 0.717) is 18.4 Å². The van der Waals surface area contributed by atoms with Crippen LogP contribution in [0.4, 0.5) is 0 Å². The Morgan fingerprint density at radius 1 is 1.24 bits per heavy atom. The molecule has 0 bridgehead atoms. The van der Waals surface area contributed by atoms with Crippen LogP contribution in [0.1, 0.15) is 43.0 Å². The lowest BCUT2D eigenvalue weighted by Gasteiger charge is -2.32. The Labute approximate surface area is 126 Å². The summed E-state index contributed by atoms with van der Waals surface area (Å²) >= 11 is 0. The first-order chi connectivity index (χ1) is 10.2. The maximum Gasteiger partial charge on any atom is 0.236 e. The quantitative estimate of drug-likeness (QED) is 0.847. The molecule has 1 aromatic rings. The molecule has 2 aliphatic rings. The molecule has 2 fully saturated rings. The summed E-state index contributed by atoms with van der Waals surface area (Å²) in [6, 6.07) is 0. The van der Waals surface area contributed by atoms with Gasteiger partial charge < -0.3 is 4.90 Å². The number of aromatic nitrogens is 2. The molecular formula is C16H24N4O. The first-order valence-corrected chi connectivity index (χ1v) is 8.01. The number of nitrogens with zero attached hydrogens (tertiary/aromatic N) is 4. The second-order valence-corrected chi connectivity index (χ2v) is 6.25. The fourth-order valence-corrected chi connectivity index (χ4v) is 3.38. The molecule has 0 spiro atoms. The number of aryl methyl sites for hydroxylation is 1. The van der Waals surface area contributed by atoms with Crippen molar-refractivity contribution in [2.24, 2.45) is 0 Å². The van der Waals surface area contributed by atoms with E-state index >= 15 is 0 Å². The van der Waals surface area contributed by atoms with E-state index in [1.807, 2.05) is 18.0 Å². The highest BCUT2D eigenvalue weighted by atomic mass is 16.2. The molecule has 21 heavy (non-hydrogen) atoms. The van der Waals surface area contributed by atoms with Gasteiger partial charge in [0.25, 0.3) is 0 Å². The van der Waals surface area contributed by atoms with Gasteiger partial charge in [-0.2, -0.15) is 0 Å². The molecule has 0 aliphatic carbocycles. The van der Waals surface area contributed by atoms with E-state index in [0.717, 1.165) is 63.3 Å².